The number of hydrogen-bond donors (Lipinski definition) is 0. The summed E-state index contributed by atoms with van der Waals surface area (Å²) in [5, 5.41) is 0. The minimum absolute atomic E-state index is 0.390. The van der Waals surface area contributed by atoms with E-state index in [1.54, 1.807) is 18.2 Å². The van der Waals surface area contributed by atoms with Crippen molar-refractivity contribution in [3.8, 4) is 0 Å². The monoisotopic (exact) mass is 296 g/mol. The third kappa shape index (κ3) is 3.91. The molecule has 1 unspecified atom stereocenters. The van der Waals surface area contributed by atoms with E-state index in [0.29, 0.717) is 12.0 Å². The fourth-order valence-electron chi connectivity index (χ4n) is 2.01. The molecule has 114 valence electrons. The summed E-state index contributed by atoms with van der Waals surface area (Å²) in [6.07, 6.45) is -6.89. The largest absolute Gasteiger partial charge is 0.453 e. The maximum absolute atomic E-state index is 13.2. The first-order chi connectivity index (χ1) is 9.23. The van der Waals surface area contributed by atoms with Gasteiger partial charge in [-0.05, 0) is 17.5 Å². The fourth-order valence-corrected chi connectivity index (χ4v) is 2.01. The van der Waals surface area contributed by atoms with Crippen LogP contribution < -0.4 is 0 Å². The van der Waals surface area contributed by atoms with E-state index in [-0.39, 0.29) is 0 Å². The molecule has 20 heavy (non-hydrogen) atoms. The minimum atomic E-state index is -5.57. The van der Waals surface area contributed by atoms with Crippen molar-refractivity contribution in [2.45, 2.75) is 44.4 Å². The average Bonchev–Trinajstić information content (AvgIpc) is 2.36. The van der Waals surface area contributed by atoms with Crippen LogP contribution in [0.1, 0.15) is 37.0 Å². The van der Waals surface area contributed by atoms with Crippen molar-refractivity contribution in [3.05, 3.63) is 35.4 Å². The predicted molar refractivity (Wildman–Crippen MR) is 65.8 cm³/mol. The number of aryl methyl sites for hydroxylation is 1. The van der Waals surface area contributed by atoms with Crippen LogP contribution in [0.25, 0.3) is 0 Å². The van der Waals surface area contributed by atoms with Crippen molar-refractivity contribution < 1.29 is 26.7 Å². The summed E-state index contributed by atoms with van der Waals surface area (Å²) in [5.41, 5.74) is 1.13. The summed E-state index contributed by atoms with van der Waals surface area (Å²) < 4.78 is 68.1. The number of benzene rings is 1. The molecule has 1 atom stereocenters. The highest BCUT2D eigenvalue weighted by Gasteiger charge is 2.58. The number of ether oxygens (including phenoxy) is 1. The maximum atomic E-state index is 13.2. The molecular formula is C14H17F5O. The Kier molecular flexibility index (Phi) is 5.50. The molecule has 0 N–H and O–H groups in total. The van der Waals surface area contributed by atoms with E-state index in [9.17, 15) is 22.0 Å². The van der Waals surface area contributed by atoms with E-state index in [1.807, 2.05) is 6.92 Å². The Labute approximate surface area is 114 Å². The molecule has 1 rings (SSSR count). The van der Waals surface area contributed by atoms with Gasteiger partial charge in [0.05, 0.1) is 12.5 Å². The lowest BCUT2D eigenvalue weighted by Gasteiger charge is -2.26. The van der Waals surface area contributed by atoms with Gasteiger partial charge in [-0.25, -0.2) is 0 Å². The zero-order valence-corrected chi connectivity index (χ0v) is 11.3. The van der Waals surface area contributed by atoms with Gasteiger partial charge in [0.25, 0.3) is 0 Å². The molecule has 0 saturated heterocycles. The molecule has 0 amide bonds. The standard InChI is InChI=1S/C14H17F5O/c1-3-6-10-7-4-5-8-11(10)12(20-2)9-13(15,16)14(17,18)19/h4-5,7-8,12H,3,6,9H2,1-2H3. The second-order valence-corrected chi connectivity index (χ2v) is 4.58. The van der Waals surface area contributed by atoms with Gasteiger partial charge in [-0.3, -0.25) is 0 Å². The van der Waals surface area contributed by atoms with Crippen LogP contribution in [0.5, 0.6) is 0 Å². The van der Waals surface area contributed by atoms with Crippen LogP contribution in [0.4, 0.5) is 22.0 Å². The molecule has 0 aliphatic rings. The first-order valence-corrected chi connectivity index (χ1v) is 6.28. The molecule has 0 spiro atoms. The third-order valence-corrected chi connectivity index (χ3v) is 3.06. The summed E-state index contributed by atoms with van der Waals surface area (Å²) in [5.74, 6) is -4.77. The second kappa shape index (κ2) is 6.52. The van der Waals surface area contributed by atoms with Gasteiger partial charge < -0.3 is 4.74 Å². The molecule has 0 bridgehead atoms. The molecule has 0 aliphatic carbocycles. The van der Waals surface area contributed by atoms with Gasteiger partial charge in [0.1, 0.15) is 0 Å². The molecule has 0 aromatic heterocycles. The van der Waals surface area contributed by atoms with E-state index >= 15 is 0 Å². The van der Waals surface area contributed by atoms with Crippen LogP contribution in [0.3, 0.4) is 0 Å². The average molecular weight is 296 g/mol. The van der Waals surface area contributed by atoms with Gasteiger partial charge >= 0.3 is 12.1 Å². The van der Waals surface area contributed by atoms with Crippen molar-refractivity contribution >= 4 is 0 Å². The first kappa shape index (κ1) is 16.9. The maximum Gasteiger partial charge on any atom is 0.453 e. The molecule has 6 heteroatoms. The predicted octanol–water partition coefficient (Wildman–Crippen LogP) is 4.91. The number of alkyl halides is 5. The van der Waals surface area contributed by atoms with Gasteiger partial charge in [-0.2, -0.15) is 22.0 Å². The Morgan fingerprint density at radius 1 is 1.10 bits per heavy atom. The van der Waals surface area contributed by atoms with Crippen molar-refractivity contribution in [1.82, 2.24) is 0 Å². The highest BCUT2D eigenvalue weighted by molar-refractivity contribution is 5.29. The van der Waals surface area contributed by atoms with E-state index < -0.39 is 24.6 Å². The van der Waals surface area contributed by atoms with Gasteiger partial charge in [0, 0.05) is 7.11 Å². The molecule has 1 nitrogen and oxygen atoms in total. The lowest BCUT2D eigenvalue weighted by Crippen LogP contribution is -2.38. The van der Waals surface area contributed by atoms with Gasteiger partial charge in [-0.1, -0.05) is 37.6 Å². The second-order valence-electron chi connectivity index (χ2n) is 4.58. The third-order valence-electron chi connectivity index (χ3n) is 3.06. The van der Waals surface area contributed by atoms with Crippen LogP contribution >= 0.6 is 0 Å². The van der Waals surface area contributed by atoms with Crippen LogP contribution in [0.2, 0.25) is 0 Å². The number of rotatable bonds is 6. The molecule has 0 aliphatic heterocycles. The fraction of sp³-hybridized carbons (Fsp3) is 0.571. The number of hydrogen-bond acceptors (Lipinski definition) is 1. The Morgan fingerprint density at radius 3 is 2.20 bits per heavy atom. The number of methoxy groups -OCH3 is 1. The lowest BCUT2D eigenvalue weighted by atomic mass is 9.95. The Balaban J connectivity index is 3.03. The molecule has 0 radical (unpaired) electrons. The van der Waals surface area contributed by atoms with Crippen LogP contribution in [-0.2, 0) is 11.2 Å². The molecule has 0 saturated carbocycles. The highest BCUT2D eigenvalue weighted by atomic mass is 19.4. The van der Waals surface area contributed by atoms with Gasteiger partial charge in [0.2, 0.25) is 0 Å². The Morgan fingerprint density at radius 2 is 1.70 bits per heavy atom. The van der Waals surface area contributed by atoms with Crippen LogP contribution in [0, 0.1) is 0 Å². The van der Waals surface area contributed by atoms with Crippen molar-refractivity contribution in [1.29, 1.82) is 0 Å². The molecule has 0 fully saturated rings. The van der Waals surface area contributed by atoms with E-state index in [1.165, 1.54) is 6.07 Å². The summed E-state index contributed by atoms with van der Waals surface area (Å²) in [4.78, 5) is 0. The van der Waals surface area contributed by atoms with Gasteiger partial charge in [0.15, 0.2) is 0 Å². The summed E-state index contributed by atoms with van der Waals surface area (Å²) in [6.45, 7) is 1.91. The zero-order valence-electron chi connectivity index (χ0n) is 11.3. The number of halogens is 5. The molecular weight excluding hydrogens is 279 g/mol. The summed E-state index contributed by atoms with van der Waals surface area (Å²) in [6, 6.07) is 6.58. The van der Waals surface area contributed by atoms with Crippen molar-refractivity contribution in [2.24, 2.45) is 0 Å². The summed E-state index contributed by atoms with van der Waals surface area (Å²) >= 11 is 0. The van der Waals surface area contributed by atoms with Crippen LogP contribution in [0.15, 0.2) is 24.3 Å². The van der Waals surface area contributed by atoms with Crippen LogP contribution in [-0.4, -0.2) is 19.2 Å². The molecule has 1 aromatic carbocycles. The van der Waals surface area contributed by atoms with E-state index in [2.05, 4.69) is 0 Å². The van der Waals surface area contributed by atoms with Crippen molar-refractivity contribution in [3.63, 3.8) is 0 Å². The normalized spacial score (nSPS) is 14.3. The first-order valence-electron chi connectivity index (χ1n) is 6.28. The molecule has 1 aromatic rings. The topological polar surface area (TPSA) is 9.23 Å². The smallest absolute Gasteiger partial charge is 0.377 e. The Hall–Kier alpha value is -1.17. The quantitative estimate of drug-likeness (QED) is 0.677. The lowest BCUT2D eigenvalue weighted by molar-refractivity contribution is -0.291. The molecule has 0 heterocycles. The zero-order chi connectivity index (χ0) is 15.4. The van der Waals surface area contributed by atoms with Crippen molar-refractivity contribution in [2.75, 3.05) is 7.11 Å². The highest BCUT2D eigenvalue weighted by Crippen LogP contribution is 2.43. The van der Waals surface area contributed by atoms with E-state index in [0.717, 1.165) is 19.1 Å². The van der Waals surface area contributed by atoms with Gasteiger partial charge in [-0.15, -0.1) is 0 Å². The Bertz CT molecular complexity index is 428. The minimum Gasteiger partial charge on any atom is -0.377 e. The SMILES string of the molecule is CCCc1ccccc1C(CC(F)(F)C(F)(F)F)OC. The van der Waals surface area contributed by atoms with E-state index in [4.69, 9.17) is 4.74 Å². The summed E-state index contributed by atoms with van der Waals surface area (Å²) in [7, 11) is 1.14.